The van der Waals surface area contributed by atoms with Crippen molar-refractivity contribution in [3.63, 3.8) is 0 Å². The summed E-state index contributed by atoms with van der Waals surface area (Å²) >= 11 is 6.01. The maximum Gasteiger partial charge on any atom is 0.184 e. The van der Waals surface area contributed by atoms with Crippen LogP contribution < -0.4 is 5.73 Å². The normalized spacial score (nSPS) is 14.8. The van der Waals surface area contributed by atoms with Crippen molar-refractivity contribution in [2.45, 2.75) is 32.2 Å². The van der Waals surface area contributed by atoms with Crippen molar-refractivity contribution >= 4 is 17.3 Å². The second kappa shape index (κ2) is 5.17. The Morgan fingerprint density at radius 2 is 2.21 bits per heavy atom. The Kier molecular flexibility index (Phi) is 3.38. The van der Waals surface area contributed by atoms with E-state index in [4.69, 9.17) is 17.3 Å². The lowest BCUT2D eigenvalue weighted by Gasteiger charge is -2.07. The van der Waals surface area contributed by atoms with Crippen molar-refractivity contribution < 1.29 is 0 Å². The largest absolute Gasteiger partial charge is 0.398 e. The lowest BCUT2D eigenvalue weighted by atomic mass is 10.1. The topological polar surface area (TPSA) is 69.6 Å². The zero-order valence-electron chi connectivity index (χ0n) is 10.6. The molecular formula is C13H16ClN5. The Hall–Kier alpha value is -1.62. The first-order valence-electron chi connectivity index (χ1n) is 6.55. The number of hydrogen-bond acceptors (Lipinski definition) is 4. The number of hydrogen-bond donors (Lipinski definition) is 1. The molecule has 0 amide bonds. The van der Waals surface area contributed by atoms with Crippen LogP contribution in [0.3, 0.4) is 0 Å². The molecule has 0 atom stereocenters. The predicted molar refractivity (Wildman–Crippen MR) is 74.6 cm³/mol. The summed E-state index contributed by atoms with van der Waals surface area (Å²) in [6.07, 6.45) is 5.11. The summed E-state index contributed by atoms with van der Waals surface area (Å²) in [7, 11) is 0. The van der Waals surface area contributed by atoms with Crippen LogP contribution in [0.4, 0.5) is 5.69 Å². The number of halogens is 1. The maximum absolute atomic E-state index is 6.01. The van der Waals surface area contributed by atoms with Gasteiger partial charge in [0, 0.05) is 22.8 Å². The fraction of sp³-hybridized carbons (Fsp3) is 0.462. The van der Waals surface area contributed by atoms with Gasteiger partial charge in [-0.05, 0) is 47.4 Å². The van der Waals surface area contributed by atoms with Crippen LogP contribution in [0, 0.1) is 5.92 Å². The first kappa shape index (κ1) is 12.4. The zero-order valence-corrected chi connectivity index (χ0v) is 11.3. The molecule has 0 saturated heterocycles. The van der Waals surface area contributed by atoms with Crippen molar-refractivity contribution in [1.29, 1.82) is 0 Å². The molecule has 100 valence electrons. The molecule has 1 aliphatic rings. The third kappa shape index (κ3) is 2.87. The van der Waals surface area contributed by atoms with Gasteiger partial charge in [-0.25, -0.2) is 4.68 Å². The molecule has 0 unspecified atom stereocenters. The molecule has 1 fully saturated rings. The minimum absolute atomic E-state index is 0.636. The molecule has 0 bridgehead atoms. The van der Waals surface area contributed by atoms with Crippen LogP contribution in [0.5, 0.6) is 0 Å². The Morgan fingerprint density at radius 3 is 3.00 bits per heavy atom. The van der Waals surface area contributed by atoms with E-state index in [-0.39, 0.29) is 0 Å². The summed E-state index contributed by atoms with van der Waals surface area (Å²) in [5.41, 5.74) is 7.41. The first-order chi connectivity index (χ1) is 9.24. The van der Waals surface area contributed by atoms with Gasteiger partial charge in [-0.2, -0.15) is 0 Å². The molecule has 5 nitrogen and oxygen atoms in total. The second-order valence-electron chi connectivity index (χ2n) is 5.04. The summed E-state index contributed by atoms with van der Waals surface area (Å²) in [6.45, 7) is 0.824. The van der Waals surface area contributed by atoms with Gasteiger partial charge in [0.05, 0.1) is 0 Å². The Labute approximate surface area is 116 Å². The summed E-state index contributed by atoms with van der Waals surface area (Å²) in [4.78, 5) is 0. The van der Waals surface area contributed by atoms with Crippen molar-refractivity contribution in [2.75, 3.05) is 5.73 Å². The van der Waals surface area contributed by atoms with Crippen LogP contribution >= 0.6 is 11.6 Å². The first-order valence-corrected chi connectivity index (χ1v) is 6.93. The van der Waals surface area contributed by atoms with Crippen LogP contribution in [0.25, 0.3) is 11.4 Å². The molecule has 1 aromatic heterocycles. The van der Waals surface area contributed by atoms with Crippen LogP contribution in [-0.2, 0) is 6.54 Å². The molecule has 1 aliphatic carbocycles. The van der Waals surface area contributed by atoms with Gasteiger partial charge < -0.3 is 5.73 Å². The van der Waals surface area contributed by atoms with Gasteiger partial charge in [0.25, 0.3) is 0 Å². The van der Waals surface area contributed by atoms with E-state index in [9.17, 15) is 0 Å². The number of aromatic nitrogens is 4. The minimum atomic E-state index is 0.636. The molecule has 6 heteroatoms. The van der Waals surface area contributed by atoms with E-state index >= 15 is 0 Å². The SMILES string of the molecule is Nc1ccc(Cl)cc1-c1nnnn1CCCC1CC1. The van der Waals surface area contributed by atoms with E-state index < -0.39 is 0 Å². The smallest absolute Gasteiger partial charge is 0.184 e. The van der Waals surface area contributed by atoms with Crippen LogP contribution in [0.15, 0.2) is 18.2 Å². The van der Waals surface area contributed by atoms with E-state index in [0.29, 0.717) is 16.5 Å². The van der Waals surface area contributed by atoms with Gasteiger partial charge in [0.2, 0.25) is 0 Å². The molecule has 2 aromatic rings. The van der Waals surface area contributed by atoms with Crippen molar-refractivity contribution in [2.24, 2.45) is 5.92 Å². The van der Waals surface area contributed by atoms with E-state index in [1.165, 1.54) is 19.3 Å². The Balaban J connectivity index is 1.79. The van der Waals surface area contributed by atoms with Crippen LogP contribution in [-0.4, -0.2) is 20.2 Å². The number of anilines is 1. The number of nitrogens with zero attached hydrogens (tertiary/aromatic N) is 4. The third-order valence-corrected chi connectivity index (χ3v) is 3.70. The van der Waals surface area contributed by atoms with Crippen molar-refractivity contribution in [3.05, 3.63) is 23.2 Å². The second-order valence-corrected chi connectivity index (χ2v) is 5.48. The number of benzene rings is 1. The molecule has 1 aromatic carbocycles. The molecule has 19 heavy (non-hydrogen) atoms. The average Bonchev–Trinajstić information content (AvgIpc) is 3.10. The van der Waals surface area contributed by atoms with E-state index in [0.717, 1.165) is 24.4 Å². The van der Waals surface area contributed by atoms with E-state index in [1.54, 1.807) is 18.2 Å². The molecule has 2 N–H and O–H groups in total. The van der Waals surface area contributed by atoms with Gasteiger partial charge in [-0.3, -0.25) is 0 Å². The van der Waals surface area contributed by atoms with E-state index in [2.05, 4.69) is 15.5 Å². The van der Waals surface area contributed by atoms with Crippen LogP contribution in [0.1, 0.15) is 25.7 Å². The van der Waals surface area contributed by atoms with Crippen molar-refractivity contribution in [1.82, 2.24) is 20.2 Å². The molecule has 1 heterocycles. The molecule has 3 rings (SSSR count). The van der Waals surface area contributed by atoms with E-state index in [1.807, 2.05) is 4.68 Å². The van der Waals surface area contributed by atoms with Gasteiger partial charge in [0.15, 0.2) is 5.82 Å². The van der Waals surface area contributed by atoms with Gasteiger partial charge in [-0.1, -0.05) is 24.4 Å². The monoisotopic (exact) mass is 277 g/mol. The summed E-state index contributed by atoms with van der Waals surface area (Å²) in [6, 6.07) is 5.35. The number of nitrogens with two attached hydrogens (primary N) is 1. The Bertz CT molecular complexity index is 576. The number of rotatable bonds is 5. The summed E-state index contributed by atoms with van der Waals surface area (Å²) < 4.78 is 1.81. The molecular weight excluding hydrogens is 262 g/mol. The highest BCUT2D eigenvalue weighted by Crippen LogP contribution is 2.34. The summed E-state index contributed by atoms with van der Waals surface area (Å²) in [5.74, 6) is 1.62. The highest BCUT2D eigenvalue weighted by molar-refractivity contribution is 6.31. The highest BCUT2D eigenvalue weighted by atomic mass is 35.5. The number of aryl methyl sites for hydroxylation is 1. The number of nitrogen functional groups attached to an aromatic ring is 1. The minimum Gasteiger partial charge on any atom is -0.398 e. The quantitative estimate of drug-likeness (QED) is 0.853. The number of tetrazole rings is 1. The van der Waals surface area contributed by atoms with Crippen LogP contribution in [0.2, 0.25) is 5.02 Å². The van der Waals surface area contributed by atoms with Gasteiger partial charge in [0.1, 0.15) is 0 Å². The van der Waals surface area contributed by atoms with Crippen molar-refractivity contribution in [3.8, 4) is 11.4 Å². The lowest BCUT2D eigenvalue weighted by molar-refractivity contribution is 0.527. The average molecular weight is 278 g/mol. The Morgan fingerprint density at radius 1 is 1.37 bits per heavy atom. The molecule has 0 spiro atoms. The zero-order chi connectivity index (χ0) is 13.2. The summed E-state index contributed by atoms with van der Waals surface area (Å²) in [5, 5.41) is 12.5. The third-order valence-electron chi connectivity index (χ3n) is 3.47. The molecule has 0 aliphatic heterocycles. The maximum atomic E-state index is 6.01. The standard InChI is InChI=1S/C13H16ClN5/c14-10-5-6-12(15)11(8-10)13-16-17-18-19(13)7-1-2-9-3-4-9/h5-6,8-9H,1-4,7,15H2. The van der Waals surface area contributed by atoms with Gasteiger partial charge in [-0.15, -0.1) is 5.10 Å². The fourth-order valence-corrected chi connectivity index (χ4v) is 2.38. The molecule has 1 saturated carbocycles. The predicted octanol–water partition coefficient (Wildman–Crippen LogP) is 2.77. The lowest BCUT2D eigenvalue weighted by Crippen LogP contribution is -2.04. The fourth-order valence-electron chi connectivity index (χ4n) is 2.21. The highest BCUT2D eigenvalue weighted by Gasteiger charge is 2.20. The molecule has 0 radical (unpaired) electrons. The van der Waals surface area contributed by atoms with Gasteiger partial charge >= 0.3 is 0 Å².